The van der Waals surface area contributed by atoms with Crippen LogP contribution in [0.2, 0.25) is 0 Å². The minimum atomic E-state index is 0.197. The number of rotatable bonds is 4. The number of allylic oxidation sites excluding steroid dienone is 1. The van der Waals surface area contributed by atoms with E-state index >= 15 is 0 Å². The summed E-state index contributed by atoms with van der Waals surface area (Å²) in [5.41, 5.74) is 1.09. The third kappa shape index (κ3) is 3.95. The summed E-state index contributed by atoms with van der Waals surface area (Å²) in [4.78, 5) is 10.2. The molecule has 0 heterocycles. The van der Waals surface area contributed by atoms with Gasteiger partial charge in [0.25, 0.3) is 0 Å². The van der Waals surface area contributed by atoms with Crippen molar-refractivity contribution in [3.63, 3.8) is 0 Å². The first-order valence-corrected chi connectivity index (χ1v) is 3.30. The summed E-state index contributed by atoms with van der Waals surface area (Å²) >= 11 is 0. The zero-order valence-electron chi connectivity index (χ0n) is 6.18. The van der Waals surface area contributed by atoms with Crippen LogP contribution in [0.4, 0.5) is 0 Å². The van der Waals surface area contributed by atoms with Gasteiger partial charge in [0.15, 0.2) is 0 Å². The lowest BCUT2D eigenvalue weighted by atomic mass is 10.0. The van der Waals surface area contributed by atoms with Gasteiger partial charge in [-0.25, -0.2) is 0 Å². The molecule has 0 saturated carbocycles. The molecule has 0 rings (SSSR count). The molecule has 0 aliphatic carbocycles. The molecule has 0 bridgehead atoms. The minimum absolute atomic E-state index is 0.197. The van der Waals surface area contributed by atoms with Crippen molar-refractivity contribution in [2.45, 2.75) is 26.7 Å². The fourth-order valence-electron chi connectivity index (χ4n) is 0.736. The first-order valence-electron chi connectivity index (χ1n) is 3.30. The zero-order chi connectivity index (χ0) is 7.28. The molecule has 52 valence electrons. The molecule has 1 heteroatoms. The van der Waals surface area contributed by atoms with Crippen LogP contribution in [0.15, 0.2) is 12.2 Å². The number of carbonyl (C=O) groups is 1. The van der Waals surface area contributed by atoms with E-state index in [-0.39, 0.29) is 5.92 Å². The van der Waals surface area contributed by atoms with Crippen molar-refractivity contribution in [2.75, 3.05) is 0 Å². The van der Waals surface area contributed by atoms with Gasteiger partial charge in [0, 0.05) is 5.92 Å². The van der Waals surface area contributed by atoms with Gasteiger partial charge in [-0.05, 0) is 19.8 Å². The van der Waals surface area contributed by atoms with Gasteiger partial charge in [-0.2, -0.15) is 0 Å². The summed E-state index contributed by atoms with van der Waals surface area (Å²) in [6.45, 7) is 7.70. The van der Waals surface area contributed by atoms with Crippen LogP contribution in [0.1, 0.15) is 26.7 Å². The molecule has 0 amide bonds. The van der Waals surface area contributed by atoms with E-state index < -0.39 is 0 Å². The van der Waals surface area contributed by atoms with Crippen LogP contribution in [-0.2, 0) is 4.79 Å². The minimum Gasteiger partial charge on any atom is -0.303 e. The Morgan fingerprint density at radius 1 is 1.78 bits per heavy atom. The van der Waals surface area contributed by atoms with E-state index in [1.165, 1.54) is 0 Å². The maximum atomic E-state index is 10.2. The van der Waals surface area contributed by atoms with Gasteiger partial charge in [0.05, 0.1) is 0 Å². The second kappa shape index (κ2) is 4.30. The van der Waals surface area contributed by atoms with Crippen LogP contribution in [0.5, 0.6) is 0 Å². The van der Waals surface area contributed by atoms with Crippen LogP contribution in [0, 0.1) is 5.92 Å². The fraction of sp³-hybridized carbons (Fsp3) is 0.625. The number of carbonyl (C=O) groups excluding carboxylic acids is 1. The lowest BCUT2D eigenvalue weighted by Gasteiger charge is -2.04. The summed E-state index contributed by atoms with van der Waals surface area (Å²) in [7, 11) is 0. The Morgan fingerprint density at radius 3 is 2.44 bits per heavy atom. The highest BCUT2D eigenvalue weighted by Gasteiger charge is 2.02. The smallest absolute Gasteiger partial charge is 0.123 e. The van der Waals surface area contributed by atoms with E-state index in [0.29, 0.717) is 0 Å². The predicted octanol–water partition coefficient (Wildman–Crippen LogP) is 2.18. The molecule has 0 aromatic carbocycles. The molecule has 0 aromatic rings. The summed E-state index contributed by atoms with van der Waals surface area (Å²) in [6, 6.07) is 0. The third-order valence-electron chi connectivity index (χ3n) is 1.33. The molecule has 0 saturated heterocycles. The summed E-state index contributed by atoms with van der Waals surface area (Å²) in [6.07, 6.45) is 2.78. The van der Waals surface area contributed by atoms with Gasteiger partial charge < -0.3 is 4.79 Å². The average Bonchev–Trinajstić information content (AvgIpc) is 1.82. The maximum Gasteiger partial charge on any atom is 0.123 e. The summed E-state index contributed by atoms with van der Waals surface area (Å²) < 4.78 is 0. The maximum absolute atomic E-state index is 10.2. The van der Waals surface area contributed by atoms with Crippen molar-refractivity contribution < 1.29 is 4.79 Å². The van der Waals surface area contributed by atoms with Gasteiger partial charge in [-0.15, -0.1) is 6.58 Å². The van der Waals surface area contributed by atoms with E-state index in [1.54, 1.807) is 0 Å². The van der Waals surface area contributed by atoms with Crippen LogP contribution in [0.3, 0.4) is 0 Å². The molecule has 0 aromatic heterocycles. The van der Waals surface area contributed by atoms with E-state index in [1.807, 2.05) is 13.8 Å². The molecule has 0 aliphatic rings. The van der Waals surface area contributed by atoms with Crippen molar-refractivity contribution in [3.05, 3.63) is 12.2 Å². The van der Waals surface area contributed by atoms with E-state index in [4.69, 9.17) is 0 Å². The molecule has 1 atom stereocenters. The third-order valence-corrected chi connectivity index (χ3v) is 1.33. The second-order valence-electron chi connectivity index (χ2n) is 2.47. The molecule has 0 unspecified atom stereocenters. The van der Waals surface area contributed by atoms with Crippen LogP contribution in [0.25, 0.3) is 0 Å². The van der Waals surface area contributed by atoms with Crippen LogP contribution in [-0.4, -0.2) is 6.29 Å². The van der Waals surface area contributed by atoms with Gasteiger partial charge >= 0.3 is 0 Å². The highest BCUT2D eigenvalue weighted by atomic mass is 16.1. The highest BCUT2D eigenvalue weighted by Crippen LogP contribution is 2.09. The first-order chi connectivity index (χ1) is 4.20. The Labute approximate surface area is 56.8 Å². The largest absolute Gasteiger partial charge is 0.303 e. The van der Waals surface area contributed by atoms with E-state index in [9.17, 15) is 4.79 Å². The Kier molecular flexibility index (Phi) is 4.02. The Bertz CT molecular complexity index is 105. The Morgan fingerprint density at radius 2 is 2.33 bits per heavy atom. The number of hydrogen-bond donors (Lipinski definition) is 0. The molecule has 9 heavy (non-hydrogen) atoms. The van der Waals surface area contributed by atoms with Crippen molar-refractivity contribution in [2.24, 2.45) is 5.92 Å². The van der Waals surface area contributed by atoms with Crippen LogP contribution >= 0.6 is 0 Å². The predicted molar refractivity (Wildman–Crippen MR) is 39.3 cm³/mol. The van der Waals surface area contributed by atoms with E-state index in [2.05, 4.69) is 6.58 Å². The topological polar surface area (TPSA) is 17.1 Å². The van der Waals surface area contributed by atoms with Crippen molar-refractivity contribution in [3.8, 4) is 0 Å². The van der Waals surface area contributed by atoms with Crippen molar-refractivity contribution >= 4 is 6.29 Å². The van der Waals surface area contributed by atoms with E-state index in [0.717, 1.165) is 24.7 Å². The zero-order valence-corrected chi connectivity index (χ0v) is 6.18. The molecule has 0 radical (unpaired) electrons. The monoisotopic (exact) mass is 126 g/mol. The highest BCUT2D eigenvalue weighted by molar-refractivity contribution is 5.53. The fourth-order valence-corrected chi connectivity index (χ4v) is 0.736. The number of aldehydes is 1. The lowest BCUT2D eigenvalue weighted by Crippen LogP contribution is -1.99. The Hall–Kier alpha value is -0.590. The molecular formula is C8H14O. The molecule has 0 fully saturated rings. The van der Waals surface area contributed by atoms with Crippen LogP contribution < -0.4 is 0 Å². The summed E-state index contributed by atoms with van der Waals surface area (Å²) in [5, 5.41) is 0. The molecule has 0 spiro atoms. The van der Waals surface area contributed by atoms with Gasteiger partial charge in [-0.3, -0.25) is 0 Å². The molecule has 0 N–H and O–H groups in total. The van der Waals surface area contributed by atoms with Gasteiger partial charge in [0.1, 0.15) is 6.29 Å². The quantitative estimate of drug-likeness (QED) is 0.417. The first kappa shape index (κ1) is 8.41. The Balaban J connectivity index is 3.55. The summed E-state index contributed by atoms with van der Waals surface area (Å²) in [5.74, 6) is 0.197. The van der Waals surface area contributed by atoms with Crippen molar-refractivity contribution in [1.29, 1.82) is 0 Å². The number of hydrogen-bond acceptors (Lipinski definition) is 1. The normalized spacial score (nSPS) is 12.7. The van der Waals surface area contributed by atoms with Gasteiger partial charge in [0.2, 0.25) is 0 Å². The second-order valence-corrected chi connectivity index (χ2v) is 2.47. The standard InChI is InChI=1S/C8H14O/c1-4-8(6-9)5-7(2)3/h6,8H,2,4-5H2,1,3H3/t8-/m1/s1. The van der Waals surface area contributed by atoms with Crippen molar-refractivity contribution in [1.82, 2.24) is 0 Å². The molecule has 0 aliphatic heterocycles. The lowest BCUT2D eigenvalue weighted by molar-refractivity contribution is -0.111. The average molecular weight is 126 g/mol. The molecular weight excluding hydrogens is 112 g/mol. The molecule has 1 nitrogen and oxygen atoms in total. The van der Waals surface area contributed by atoms with Gasteiger partial charge in [-0.1, -0.05) is 12.5 Å². The SMILES string of the molecule is C=C(C)C[C@H](C=O)CC.